The first-order valence-corrected chi connectivity index (χ1v) is 7.72. The maximum Gasteiger partial charge on any atom is 0.257 e. The van der Waals surface area contributed by atoms with Crippen LogP contribution in [-0.2, 0) is 4.79 Å². The molecular formula is C13H18N2O2S2. The van der Waals surface area contributed by atoms with Crippen LogP contribution in [0.25, 0.3) is 0 Å². The lowest BCUT2D eigenvalue weighted by atomic mass is 10.2. The minimum atomic E-state index is -0.140. The number of amides is 1. The van der Waals surface area contributed by atoms with Gasteiger partial charge in [0, 0.05) is 6.54 Å². The lowest BCUT2D eigenvalue weighted by Gasteiger charge is -2.10. The summed E-state index contributed by atoms with van der Waals surface area (Å²) in [6, 6.07) is 7.15. The molecule has 104 valence electrons. The van der Waals surface area contributed by atoms with Crippen molar-refractivity contribution in [1.82, 2.24) is 5.32 Å². The molecule has 0 saturated heterocycles. The van der Waals surface area contributed by atoms with Crippen molar-refractivity contribution in [2.75, 3.05) is 25.2 Å². The molecule has 1 aromatic rings. The van der Waals surface area contributed by atoms with Gasteiger partial charge in [-0.2, -0.15) is 11.8 Å². The zero-order valence-electron chi connectivity index (χ0n) is 10.8. The molecule has 0 fully saturated rings. The molecule has 19 heavy (non-hydrogen) atoms. The molecule has 0 saturated carbocycles. The number of carbonyl (C=O) groups excluding carboxylic acids is 1. The molecule has 0 bridgehead atoms. The highest BCUT2D eigenvalue weighted by atomic mass is 32.2. The Labute approximate surface area is 123 Å². The zero-order chi connectivity index (χ0) is 14.1. The highest BCUT2D eigenvalue weighted by Gasteiger charge is 2.07. The number of nitrogens with one attached hydrogen (secondary N) is 1. The van der Waals surface area contributed by atoms with Crippen LogP contribution in [0.2, 0.25) is 0 Å². The first kappa shape index (κ1) is 15.8. The summed E-state index contributed by atoms with van der Waals surface area (Å²) >= 11 is 6.68. The summed E-state index contributed by atoms with van der Waals surface area (Å²) in [5, 5.41) is 2.80. The van der Waals surface area contributed by atoms with E-state index in [1.165, 1.54) is 0 Å². The van der Waals surface area contributed by atoms with Crippen molar-refractivity contribution in [3.63, 3.8) is 0 Å². The van der Waals surface area contributed by atoms with Crippen LogP contribution in [-0.4, -0.2) is 36.1 Å². The van der Waals surface area contributed by atoms with Crippen LogP contribution in [0.4, 0.5) is 0 Å². The van der Waals surface area contributed by atoms with Gasteiger partial charge in [-0.15, -0.1) is 0 Å². The fourth-order valence-corrected chi connectivity index (χ4v) is 2.04. The molecule has 0 atom stereocenters. The number of nitrogens with two attached hydrogens (primary N) is 1. The van der Waals surface area contributed by atoms with Gasteiger partial charge >= 0.3 is 0 Å². The van der Waals surface area contributed by atoms with Crippen LogP contribution in [0, 0.1) is 0 Å². The number of thiocarbonyl (C=S) groups is 1. The molecule has 1 rings (SSSR count). The monoisotopic (exact) mass is 298 g/mol. The summed E-state index contributed by atoms with van der Waals surface area (Å²) in [7, 11) is 0. The van der Waals surface area contributed by atoms with Gasteiger partial charge < -0.3 is 15.8 Å². The van der Waals surface area contributed by atoms with E-state index in [9.17, 15) is 4.79 Å². The van der Waals surface area contributed by atoms with E-state index in [1.54, 1.807) is 23.9 Å². The van der Waals surface area contributed by atoms with Crippen molar-refractivity contribution < 1.29 is 9.53 Å². The molecule has 1 amide bonds. The molecule has 0 radical (unpaired) electrons. The van der Waals surface area contributed by atoms with Gasteiger partial charge in [0.05, 0.1) is 5.56 Å². The number of ether oxygens (including phenoxy) is 1. The lowest BCUT2D eigenvalue weighted by molar-refractivity contribution is -0.123. The third-order valence-electron chi connectivity index (χ3n) is 2.36. The minimum absolute atomic E-state index is 0.0289. The summed E-state index contributed by atoms with van der Waals surface area (Å²) in [5.41, 5.74) is 6.23. The van der Waals surface area contributed by atoms with Gasteiger partial charge in [-0.05, 0) is 30.6 Å². The smallest absolute Gasteiger partial charge is 0.257 e. The first-order chi connectivity index (χ1) is 9.15. The molecule has 0 aliphatic rings. The summed E-state index contributed by atoms with van der Waals surface area (Å²) in [6.07, 6.45) is 2.99. The Morgan fingerprint density at radius 2 is 2.21 bits per heavy atom. The molecule has 4 nitrogen and oxygen atoms in total. The van der Waals surface area contributed by atoms with Crippen molar-refractivity contribution in [2.24, 2.45) is 5.73 Å². The maximum atomic E-state index is 11.6. The fourth-order valence-electron chi connectivity index (χ4n) is 1.43. The van der Waals surface area contributed by atoms with E-state index in [-0.39, 0.29) is 17.5 Å². The molecule has 0 spiro atoms. The Hall–Kier alpha value is -1.27. The number of benzene rings is 1. The highest BCUT2D eigenvalue weighted by Crippen LogP contribution is 2.17. The van der Waals surface area contributed by atoms with E-state index in [1.807, 2.05) is 18.4 Å². The molecular weight excluding hydrogens is 280 g/mol. The van der Waals surface area contributed by atoms with E-state index in [0.29, 0.717) is 17.9 Å². The Bertz CT molecular complexity index is 438. The van der Waals surface area contributed by atoms with Crippen molar-refractivity contribution in [2.45, 2.75) is 6.42 Å². The summed E-state index contributed by atoms with van der Waals surface area (Å²) < 4.78 is 5.43. The van der Waals surface area contributed by atoms with Gasteiger partial charge in [0.2, 0.25) is 0 Å². The number of hydrogen-bond donors (Lipinski definition) is 2. The van der Waals surface area contributed by atoms with Crippen LogP contribution >= 0.6 is 24.0 Å². The van der Waals surface area contributed by atoms with Crippen LogP contribution in [0.1, 0.15) is 12.0 Å². The van der Waals surface area contributed by atoms with Gasteiger partial charge in [-0.3, -0.25) is 4.79 Å². The number of hydrogen-bond acceptors (Lipinski definition) is 4. The average Bonchev–Trinajstić information content (AvgIpc) is 2.41. The van der Waals surface area contributed by atoms with Crippen molar-refractivity contribution in [3.05, 3.63) is 29.8 Å². The van der Waals surface area contributed by atoms with E-state index < -0.39 is 0 Å². The molecule has 0 unspecified atom stereocenters. The third kappa shape index (κ3) is 5.94. The molecule has 0 aromatic heterocycles. The predicted molar refractivity (Wildman–Crippen MR) is 83.8 cm³/mol. The van der Waals surface area contributed by atoms with Crippen LogP contribution < -0.4 is 15.8 Å². The molecule has 0 aliphatic carbocycles. The van der Waals surface area contributed by atoms with Gasteiger partial charge in [0.1, 0.15) is 10.7 Å². The largest absolute Gasteiger partial charge is 0.483 e. The minimum Gasteiger partial charge on any atom is -0.483 e. The Balaban J connectivity index is 2.40. The van der Waals surface area contributed by atoms with Gasteiger partial charge in [0.25, 0.3) is 5.91 Å². The predicted octanol–water partition coefficient (Wildman–Crippen LogP) is 1.57. The molecule has 6 heteroatoms. The maximum absolute atomic E-state index is 11.6. The van der Waals surface area contributed by atoms with Crippen LogP contribution in [0.3, 0.4) is 0 Å². The second-order valence-electron chi connectivity index (χ2n) is 3.85. The average molecular weight is 298 g/mol. The molecule has 3 N–H and O–H groups in total. The number of thioether (sulfide) groups is 1. The SMILES string of the molecule is CSCCCNC(=O)COc1ccccc1C(N)=S. The highest BCUT2D eigenvalue weighted by molar-refractivity contribution is 7.98. The summed E-state index contributed by atoms with van der Waals surface area (Å²) in [5.74, 6) is 1.43. The number of carbonyl (C=O) groups is 1. The normalized spacial score (nSPS) is 9.95. The Morgan fingerprint density at radius 3 is 2.89 bits per heavy atom. The zero-order valence-corrected chi connectivity index (χ0v) is 12.5. The van der Waals surface area contributed by atoms with Crippen molar-refractivity contribution in [1.29, 1.82) is 0 Å². The Morgan fingerprint density at radius 1 is 1.47 bits per heavy atom. The quantitative estimate of drug-likeness (QED) is 0.563. The second-order valence-corrected chi connectivity index (χ2v) is 5.27. The summed E-state index contributed by atoms with van der Waals surface area (Å²) in [4.78, 5) is 11.8. The number of para-hydroxylation sites is 1. The van der Waals surface area contributed by atoms with Crippen molar-refractivity contribution >= 4 is 34.9 Å². The lowest BCUT2D eigenvalue weighted by Crippen LogP contribution is -2.30. The van der Waals surface area contributed by atoms with Gasteiger partial charge in [0.15, 0.2) is 6.61 Å². The van der Waals surface area contributed by atoms with E-state index in [4.69, 9.17) is 22.7 Å². The number of rotatable bonds is 8. The topological polar surface area (TPSA) is 64.3 Å². The van der Waals surface area contributed by atoms with Gasteiger partial charge in [-0.25, -0.2) is 0 Å². The molecule has 0 aliphatic heterocycles. The molecule has 1 aromatic carbocycles. The third-order valence-corrected chi connectivity index (χ3v) is 3.28. The van der Waals surface area contributed by atoms with Crippen molar-refractivity contribution in [3.8, 4) is 5.75 Å². The van der Waals surface area contributed by atoms with Crippen LogP contribution in [0.15, 0.2) is 24.3 Å². The second kappa shape index (κ2) is 8.77. The standard InChI is InChI=1S/C13H18N2O2S2/c1-19-8-4-7-15-12(16)9-17-11-6-3-2-5-10(11)13(14)18/h2-3,5-6H,4,7-9H2,1H3,(H2,14,18)(H,15,16). The van der Waals surface area contributed by atoms with E-state index in [0.717, 1.165) is 12.2 Å². The van der Waals surface area contributed by atoms with E-state index >= 15 is 0 Å². The van der Waals surface area contributed by atoms with Crippen LogP contribution in [0.5, 0.6) is 5.75 Å². The first-order valence-electron chi connectivity index (χ1n) is 5.92. The molecule has 0 heterocycles. The van der Waals surface area contributed by atoms with Gasteiger partial charge in [-0.1, -0.05) is 24.4 Å². The fraction of sp³-hybridized carbons (Fsp3) is 0.385. The Kier molecular flexibility index (Phi) is 7.28. The van der Waals surface area contributed by atoms with E-state index in [2.05, 4.69) is 5.32 Å². The summed E-state index contributed by atoms with van der Waals surface area (Å²) in [6.45, 7) is 0.638.